The Hall–Kier alpha value is -3.42. The lowest BCUT2D eigenvalue weighted by Gasteiger charge is -2.23. The van der Waals surface area contributed by atoms with E-state index in [4.69, 9.17) is 4.74 Å². The van der Waals surface area contributed by atoms with E-state index in [1.54, 1.807) is 18.3 Å². The van der Waals surface area contributed by atoms with Gasteiger partial charge < -0.3 is 9.64 Å². The summed E-state index contributed by atoms with van der Waals surface area (Å²) in [7, 11) is 0. The Morgan fingerprint density at radius 1 is 1.10 bits per heavy atom. The summed E-state index contributed by atoms with van der Waals surface area (Å²) in [5, 5.41) is 0.896. The summed E-state index contributed by atoms with van der Waals surface area (Å²) in [6, 6.07) is 11.7. The summed E-state index contributed by atoms with van der Waals surface area (Å²) in [5.41, 5.74) is 1.21. The van der Waals surface area contributed by atoms with Crippen molar-refractivity contribution in [3.63, 3.8) is 0 Å². The maximum atomic E-state index is 13.7. The highest BCUT2D eigenvalue weighted by Gasteiger charge is 2.30. The molecule has 30 heavy (non-hydrogen) atoms. The van der Waals surface area contributed by atoms with Gasteiger partial charge in [-0.1, -0.05) is 12.1 Å². The number of aryl methyl sites for hydroxylation is 1. The second kappa shape index (κ2) is 7.78. The molecule has 0 amide bonds. The Labute approximate surface area is 169 Å². The third-order valence-electron chi connectivity index (χ3n) is 4.75. The summed E-state index contributed by atoms with van der Waals surface area (Å²) >= 11 is 0. The van der Waals surface area contributed by atoms with Gasteiger partial charge in [0, 0.05) is 29.4 Å². The minimum absolute atomic E-state index is 0.0215. The fourth-order valence-corrected chi connectivity index (χ4v) is 3.14. The van der Waals surface area contributed by atoms with E-state index >= 15 is 0 Å². The van der Waals surface area contributed by atoms with Crippen LogP contribution < -0.4 is 20.2 Å². The van der Waals surface area contributed by atoms with Crippen LogP contribution in [-0.4, -0.2) is 11.7 Å². The van der Waals surface area contributed by atoms with Crippen LogP contribution in [0.1, 0.15) is 16.8 Å². The maximum Gasteiger partial charge on any atom is 0.416 e. The van der Waals surface area contributed by atoms with Crippen LogP contribution in [0.25, 0.3) is 6.20 Å². The molecule has 0 aliphatic carbocycles. The van der Waals surface area contributed by atoms with E-state index in [0.29, 0.717) is 16.3 Å². The Balaban J connectivity index is 1.59. The van der Waals surface area contributed by atoms with Crippen molar-refractivity contribution in [2.45, 2.75) is 19.7 Å². The third-order valence-corrected chi connectivity index (χ3v) is 4.75. The zero-order valence-electron chi connectivity index (χ0n) is 15.9. The standard InChI is InChI=1S/C22H17F4N3O/c1-14-4-7-17(30-12-20-18(23)3-2-8-27-20)10-21(14)29-11-15-5-6-16(22(24,25)26)9-19(15)28-13-29/h2-11H,12-13H2,1H3. The molecule has 8 heteroatoms. The summed E-state index contributed by atoms with van der Waals surface area (Å²) in [4.78, 5) is 10.1. The zero-order chi connectivity index (χ0) is 21.3. The highest BCUT2D eigenvalue weighted by molar-refractivity contribution is 5.65. The van der Waals surface area contributed by atoms with Gasteiger partial charge in [0.25, 0.3) is 0 Å². The first-order chi connectivity index (χ1) is 14.3. The molecule has 0 fully saturated rings. The predicted molar refractivity (Wildman–Crippen MR) is 104 cm³/mol. The van der Waals surface area contributed by atoms with Gasteiger partial charge in [0.1, 0.15) is 30.5 Å². The number of hydrogen-bond acceptors (Lipinski definition) is 4. The molecule has 154 valence electrons. The van der Waals surface area contributed by atoms with Crippen LogP contribution in [0, 0.1) is 12.7 Å². The number of rotatable bonds is 4. The van der Waals surface area contributed by atoms with Crippen LogP contribution in [-0.2, 0) is 12.8 Å². The van der Waals surface area contributed by atoms with Gasteiger partial charge in [-0.3, -0.25) is 9.98 Å². The summed E-state index contributed by atoms with van der Waals surface area (Å²) in [5.74, 6) is 0.0788. The van der Waals surface area contributed by atoms with Gasteiger partial charge in [0.05, 0.1) is 10.9 Å². The van der Waals surface area contributed by atoms with Gasteiger partial charge in [0.2, 0.25) is 0 Å². The number of halogens is 4. The fourth-order valence-electron chi connectivity index (χ4n) is 3.14. The van der Waals surface area contributed by atoms with Crippen molar-refractivity contribution in [1.29, 1.82) is 0 Å². The number of pyridine rings is 1. The number of fused-ring (bicyclic) bond motifs is 1. The lowest BCUT2D eigenvalue weighted by atomic mass is 10.1. The first-order valence-electron chi connectivity index (χ1n) is 9.14. The Morgan fingerprint density at radius 2 is 1.93 bits per heavy atom. The molecule has 0 saturated carbocycles. The molecule has 1 aliphatic rings. The quantitative estimate of drug-likeness (QED) is 0.606. The van der Waals surface area contributed by atoms with E-state index in [0.717, 1.165) is 23.4 Å². The lowest BCUT2D eigenvalue weighted by Crippen LogP contribution is -2.37. The van der Waals surface area contributed by atoms with Crippen molar-refractivity contribution >= 4 is 11.9 Å². The van der Waals surface area contributed by atoms with Crippen molar-refractivity contribution in [3.05, 3.63) is 87.9 Å². The van der Waals surface area contributed by atoms with Gasteiger partial charge in [-0.25, -0.2) is 4.39 Å². The summed E-state index contributed by atoms with van der Waals surface area (Å²) in [6.07, 6.45) is -1.15. The molecule has 2 aromatic carbocycles. The molecule has 4 nitrogen and oxygen atoms in total. The fraction of sp³-hybridized carbons (Fsp3) is 0.182. The average molecular weight is 415 g/mol. The lowest BCUT2D eigenvalue weighted by molar-refractivity contribution is -0.137. The predicted octanol–water partition coefficient (Wildman–Crippen LogP) is 3.96. The number of ether oxygens (including phenoxy) is 1. The number of nitrogens with zero attached hydrogens (tertiary/aromatic N) is 3. The first kappa shape index (κ1) is 19.9. The average Bonchev–Trinajstić information content (AvgIpc) is 2.73. The second-order valence-corrected chi connectivity index (χ2v) is 6.84. The SMILES string of the molecule is Cc1ccc(OCc2ncccc2F)cc1N1C=c2ccc(C(F)(F)F)cc2=NC1. The van der Waals surface area contributed by atoms with Gasteiger partial charge >= 0.3 is 6.18 Å². The molecule has 0 atom stereocenters. The van der Waals surface area contributed by atoms with E-state index in [9.17, 15) is 17.6 Å². The maximum absolute atomic E-state index is 13.7. The van der Waals surface area contributed by atoms with Gasteiger partial charge in [-0.15, -0.1) is 0 Å². The highest BCUT2D eigenvalue weighted by Crippen LogP contribution is 2.29. The minimum Gasteiger partial charge on any atom is -0.487 e. The van der Waals surface area contributed by atoms with Crippen molar-refractivity contribution in [3.8, 4) is 5.75 Å². The topological polar surface area (TPSA) is 37.7 Å². The van der Waals surface area contributed by atoms with E-state index in [1.807, 2.05) is 17.9 Å². The van der Waals surface area contributed by atoms with E-state index < -0.39 is 17.6 Å². The smallest absolute Gasteiger partial charge is 0.416 e. The molecule has 2 heterocycles. The molecular formula is C22H17F4N3O. The zero-order valence-corrected chi connectivity index (χ0v) is 15.9. The van der Waals surface area contributed by atoms with E-state index in [-0.39, 0.29) is 19.0 Å². The van der Waals surface area contributed by atoms with Crippen LogP contribution >= 0.6 is 0 Å². The molecule has 1 aromatic heterocycles. The van der Waals surface area contributed by atoms with Crippen LogP contribution in [0.4, 0.5) is 23.2 Å². The highest BCUT2D eigenvalue weighted by atomic mass is 19.4. The van der Waals surface area contributed by atoms with Crippen molar-refractivity contribution in [2.75, 3.05) is 11.6 Å². The first-order valence-corrected chi connectivity index (χ1v) is 9.14. The second-order valence-electron chi connectivity index (χ2n) is 6.84. The Bertz CT molecular complexity index is 1210. The summed E-state index contributed by atoms with van der Waals surface area (Å²) in [6.45, 7) is 2.06. The molecular weight excluding hydrogens is 398 g/mol. The molecule has 1 aliphatic heterocycles. The van der Waals surface area contributed by atoms with Gasteiger partial charge in [-0.2, -0.15) is 13.2 Å². The normalized spacial score (nSPS) is 13.3. The number of aromatic nitrogens is 1. The number of alkyl halides is 3. The molecule has 0 spiro atoms. The molecule has 0 bridgehead atoms. The third kappa shape index (κ3) is 4.12. The van der Waals surface area contributed by atoms with Crippen LogP contribution in [0.5, 0.6) is 5.75 Å². The Morgan fingerprint density at radius 3 is 2.70 bits per heavy atom. The van der Waals surface area contributed by atoms with Crippen molar-refractivity contribution < 1.29 is 22.3 Å². The number of benzene rings is 2. The molecule has 4 rings (SSSR count). The number of anilines is 1. The Kier molecular flexibility index (Phi) is 5.15. The molecule has 0 N–H and O–H groups in total. The van der Waals surface area contributed by atoms with Crippen molar-refractivity contribution in [2.24, 2.45) is 4.99 Å². The monoisotopic (exact) mass is 415 g/mol. The molecule has 0 radical (unpaired) electrons. The number of hydrogen-bond donors (Lipinski definition) is 0. The van der Waals surface area contributed by atoms with Gasteiger partial charge in [-0.05, 0) is 42.8 Å². The van der Waals surface area contributed by atoms with E-state index in [2.05, 4.69) is 9.98 Å². The van der Waals surface area contributed by atoms with Crippen LogP contribution in [0.15, 0.2) is 59.7 Å². The summed E-state index contributed by atoms with van der Waals surface area (Å²) < 4.78 is 58.2. The largest absolute Gasteiger partial charge is 0.487 e. The molecule has 3 aromatic rings. The van der Waals surface area contributed by atoms with Crippen LogP contribution in [0.3, 0.4) is 0 Å². The van der Waals surface area contributed by atoms with Crippen molar-refractivity contribution in [1.82, 2.24) is 4.98 Å². The van der Waals surface area contributed by atoms with E-state index in [1.165, 1.54) is 24.4 Å². The van der Waals surface area contributed by atoms with Gasteiger partial charge in [0.15, 0.2) is 0 Å². The minimum atomic E-state index is -4.41. The molecule has 0 saturated heterocycles. The van der Waals surface area contributed by atoms with Crippen LogP contribution in [0.2, 0.25) is 0 Å². The molecule has 0 unspecified atom stereocenters.